The van der Waals surface area contributed by atoms with E-state index in [-0.39, 0.29) is 21.2 Å². The molecule has 0 radical (unpaired) electrons. The van der Waals surface area contributed by atoms with Crippen molar-refractivity contribution in [2.24, 2.45) is 21.1 Å². The SMILES string of the molecule is CCCc1cc(=O)c(C(=O)O)c(-c2ccccc2)n1C.CCc1cc(=O)c(C(=O)O)c(-c2ccccc2)n1C.Cc1c(Br)c(=O)c(C(=O)O)c(-c2ccccc2)n1C. The van der Waals surface area contributed by atoms with Crippen LogP contribution in [0.5, 0.6) is 0 Å². The highest BCUT2D eigenvalue weighted by Crippen LogP contribution is 2.26. The second kappa shape index (κ2) is 19.5. The highest BCUT2D eigenvalue weighted by atomic mass is 79.9. The summed E-state index contributed by atoms with van der Waals surface area (Å²) in [5, 5.41) is 27.9. The number of aromatic carboxylic acids is 3. The maximum atomic E-state index is 12.1. The van der Waals surface area contributed by atoms with Crippen LogP contribution in [0.1, 0.15) is 68.4 Å². The molecule has 0 atom stereocenters. The van der Waals surface area contributed by atoms with E-state index >= 15 is 0 Å². The van der Waals surface area contributed by atoms with Crippen molar-refractivity contribution in [2.75, 3.05) is 0 Å². The van der Waals surface area contributed by atoms with Crippen LogP contribution in [0.15, 0.2) is 122 Å². The van der Waals surface area contributed by atoms with Gasteiger partial charge in [-0.2, -0.15) is 0 Å². The van der Waals surface area contributed by atoms with Gasteiger partial charge in [0.05, 0.1) is 21.6 Å². The molecule has 13 heteroatoms. The van der Waals surface area contributed by atoms with Crippen molar-refractivity contribution in [1.82, 2.24) is 13.7 Å². The fraction of sp³-hybridized carbons (Fsp3) is 0.200. The number of aryl methyl sites for hydroxylation is 2. The van der Waals surface area contributed by atoms with Crippen LogP contribution in [-0.2, 0) is 34.0 Å². The lowest BCUT2D eigenvalue weighted by molar-refractivity contribution is 0.0684. The Kier molecular flexibility index (Phi) is 14.8. The largest absolute Gasteiger partial charge is 0.477 e. The van der Waals surface area contributed by atoms with Crippen LogP contribution in [0.2, 0.25) is 0 Å². The molecule has 3 aromatic heterocycles. The summed E-state index contributed by atoms with van der Waals surface area (Å²) in [6.45, 7) is 5.73. The van der Waals surface area contributed by atoms with Gasteiger partial charge in [0.15, 0.2) is 10.9 Å². The minimum absolute atomic E-state index is 0.168. The standard InChI is InChI=1S/C16H17NO3.C15H15NO3.C14H12BrNO3/c1-3-7-12-10-13(18)14(16(19)20)15(17(12)2)11-8-5-4-6-9-11;1-3-11-9-12(17)13(15(18)19)14(16(11)2)10-7-5-4-6-8-10;1-8-11(15)13(17)10(14(18)19)12(16(8)2)9-6-4-3-5-7-9/h4-6,8-10H,3,7H2,1-2H3,(H,19,20);4-9H,3H2,1-2H3,(H,18,19);3-7H,1-2H3,(H,18,19). The van der Waals surface area contributed by atoms with Crippen LogP contribution < -0.4 is 16.3 Å². The van der Waals surface area contributed by atoms with Crippen LogP contribution in [0, 0.1) is 6.92 Å². The first-order chi connectivity index (χ1) is 27.6. The molecule has 0 aliphatic rings. The highest BCUT2D eigenvalue weighted by Gasteiger charge is 2.23. The number of carboxylic acid groups (broad SMARTS) is 3. The second-order valence-electron chi connectivity index (χ2n) is 13.2. The Morgan fingerprint density at radius 2 is 0.897 bits per heavy atom. The molecule has 6 aromatic rings. The summed E-state index contributed by atoms with van der Waals surface area (Å²) in [6, 6.07) is 30.1. The number of halogens is 1. The zero-order valence-corrected chi connectivity index (χ0v) is 34.5. The summed E-state index contributed by atoms with van der Waals surface area (Å²) in [6.07, 6.45) is 2.31. The zero-order valence-electron chi connectivity index (χ0n) is 32.9. The fourth-order valence-electron chi connectivity index (χ4n) is 6.61. The van der Waals surface area contributed by atoms with Gasteiger partial charge in [0, 0.05) is 50.4 Å². The fourth-order valence-corrected chi connectivity index (χ4v) is 7.07. The first-order valence-electron chi connectivity index (χ1n) is 18.3. The molecule has 0 fully saturated rings. The Hall–Kier alpha value is -6.60. The van der Waals surface area contributed by atoms with Crippen molar-refractivity contribution in [2.45, 2.75) is 40.0 Å². The average molecular weight is 851 g/mol. The predicted octanol–water partition coefficient (Wildman–Crippen LogP) is 7.84. The maximum absolute atomic E-state index is 12.1. The molecule has 0 unspecified atom stereocenters. The topological polar surface area (TPSA) is 178 Å². The van der Waals surface area contributed by atoms with Crippen molar-refractivity contribution in [3.63, 3.8) is 0 Å². The normalized spacial score (nSPS) is 10.5. The molecule has 0 saturated carbocycles. The molecule has 3 aromatic carbocycles. The van der Waals surface area contributed by atoms with Crippen LogP contribution in [0.25, 0.3) is 33.8 Å². The molecule has 0 aliphatic heterocycles. The van der Waals surface area contributed by atoms with E-state index in [4.69, 9.17) is 0 Å². The van der Waals surface area contributed by atoms with Crippen molar-refractivity contribution >= 4 is 33.8 Å². The molecule has 0 spiro atoms. The summed E-state index contributed by atoms with van der Waals surface area (Å²) in [5.74, 6) is -3.60. The van der Waals surface area contributed by atoms with Crippen molar-refractivity contribution < 1.29 is 29.7 Å². The Morgan fingerprint density at radius 3 is 1.24 bits per heavy atom. The van der Waals surface area contributed by atoms with Crippen LogP contribution in [-0.4, -0.2) is 46.9 Å². The maximum Gasteiger partial charge on any atom is 0.341 e. The van der Waals surface area contributed by atoms with Gasteiger partial charge in [0.25, 0.3) is 0 Å². The highest BCUT2D eigenvalue weighted by molar-refractivity contribution is 9.10. The lowest BCUT2D eigenvalue weighted by Crippen LogP contribution is -2.23. The Morgan fingerprint density at radius 1 is 0.552 bits per heavy atom. The van der Waals surface area contributed by atoms with Gasteiger partial charge in [-0.25, -0.2) is 14.4 Å². The molecule has 0 bridgehead atoms. The van der Waals surface area contributed by atoms with E-state index in [0.29, 0.717) is 34.8 Å². The lowest BCUT2D eigenvalue weighted by atomic mass is 10.0. The monoisotopic (exact) mass is 849 g/mol. The number of nitrogens with zero attached hydrogens (tertiary/aromatic N) is 3. The number of rotatable bonds is 9. The quantitative estimate of drug-likeness (QED) is 0.131. The van der Waals surface area contributed by atoms with Crippen molar-refractivity contribution in [1.29, 1.82) is 0 Å². The number of benzene rings is 3. The summed E-state index contributed by atoms with van der Waals surface area (Å²) in [4.78, 5) is 70.4. The van der Waals surface area contributed by atoms with Gasteiger partial charge < -0.3 is 29.0 Å². The first kappa shape index (κ1) is 44.1. The summed E-state index contributed by atoms with van der Waals surface area (Å²) in [7, 11) is 5.33. The van der Waals surface area contributed by atoms with Crippen molar-refractivity contribution in [3.05, 3.63) is 172 Å². The lowest BCUT2D eigenvalue weighted by Gasteiger charge is -2.16. The van der Waals surface area contributed by atoms with Crippen LogP contribution >= 0.6 is 15.9 Å². The number of pyridine rings is 3. The van der Waals surface area contributed by atoms with Gasteiger partial charge in [-0.05, 0) is 52.4 Å². The molecule has 3 N–H and O–H groups in total. The predicted molar refractivity (Wildman–Crippen MR) is 228 cm³/mol. The molecule has 300 valence electrons. The van der Waals surface area contributed by atoms with Gasteiger partial charge in [-0.1, -0.05) is 111 Å². The van der Waals surface area contributed by atoms with Gasteiger partial charge in [0.2, 0.25) is 5.43 Å². The first-order valence-corrected chi connectivity index (χ1v) is 19.1. The van der Waals surface area contributed by atoms with E-state index in [1.807, 2.05) is 85.1 Å². The molecule has 0 aliphatic carbocycles. The molecule has 6 rings (SSSR count). The number of hydrogen-bond acceptors (Lipinski definition) is 6. The van der Waals surface area contributed by atoms with E-state index in [0.717, 1.165) is 35.4 Å². The van der Waals surface area contributed by atoms with Crippen molar-refractivity contribution in [3.8, 4) is 33.8 Å². The molecule has 58 heavy (non-hydrogen) atoms. The Labute approximate surface area is 343 Å². The summed E-state index contributed by atoms with van der Waals surface area (Å²) < 4.78 is 5.58. The van der Waals surface area contributed by atoms with E-state index in [1.54, 1.807) is 61.5 Å². The average Bonchev–Trinajstić information content (AvgIpc) is 3.21. The second-order valence-corrected chi connectivity index (χ2v) is 14.0. The van der Waals surface area contributed by atoms with Gasteiger partial charge >= 0.3 is 17.9 Å². The van der Waals surface area contributed by atoms with Gasteiger partial charge in [-0.15, -0.1) is 0 Å². The molecule has 12 nitrogen and oxygen atoms in total. The third-order valence-electron chi connectivity index (χ3n) is 9.57. The third-order valence-corrected chi connectivity index (χ3v) is 10.5. The van der Waals surface area contributed by atoms with Gasteiger partial charge in [0.1, 0.15) is 16.7 Å². The minimum atomic E-state index is -1.22. The zero-order chi connectivity index (χ0) is 42.8. The molecule has 0 saturated heterocycles. The van der Waals surface area contributed by atoms with E-state index < -0.39 is 34.2 Å². The Bertz CT molecular complexity index is 2650. The minimum Gasteiger partial charge on any atom is -0.477 e. The molecule has 3 heterocycles. The van der Waals surface area contributed by atoms with E-state index in [9.17, 15) is 44.1 Å². The number of aromatic nitrogens is 3. The number of hydrogen-bond donors (Lipinski definition) is 3. The molecular weight excluding hydrogens is 806 g/mol. The Balaban J connectivity index is 0.000000193. The van der Waals surface area contributed by atoms with E-state index in [2.05, 4.69) is 15.9 Å². The third kappa shape index (κ3) is 9.49. The van der Waals surface area contributed by atoms with E-state index in [1.165, 1.54) is 12.1 Å². The number of carbonyl (C=O) groups is 3. The molecular formula is C45H44BrN3O9. The smallest absolute Gasteiger partial charge is 0.341 e. The van der Waals surface area contributed by atoms with Crippen LogP contribution in [0.3, 0.4) is 0 Å². The summed E-state index contributed by atoms with van der Waals surface area (Å²) in [5.41, 5.74) is 3.93. The molecule has 0 amide bonds. The number of carboxylic acids is 3. The van der Waals surface area contributed by atoms with Gasteiger partial charge in [-0.3, -0.25) is 14.4 Å². The summed E-state index contributed by atoms with van der Waals surface area (Å²) >= 11 is 3.16. The van der Waals surface area contributed by atoms with Crippen LogP contribution in [0.4, 0.5) is 0 Å².